The molecule has 23 heavy (non-hydrogen) atoms. The van der Waals surface area contributed by atoms with Crippen molar-refractivity contribution in [1.29, 1.82) is 0 Å². The van der Waals surface area contributed by atoms with Gasteiger partial charge in [0.1, 0.15) is 5.75 Å². The summed E-state index contributed by atoms with van der Waals surface area (Å²) in [7, 11) is 1.63. The third-order valence-corrected chi connectivity index (χ3v) is 3.58. The highest BCUT2D eigenvalue weighted by atomic mass is 16.5. The van der Waals surface area contributed by atoms with E-state index in [-0.39, 0.29) is 5.91 Å². The van der Waals surface area contributed by atoms with Gasteiger partial charge in [-0.15, -0.1) is 0 Å². The molecule has 3 heteroatoms. The smallest absolute Gasteiger partial charge is 0.248 e. The molecule has 0 saturated carbocycles. The van der Waals surface area contributed by atoms with E-state index in [0.29, 0.717) is 0 Å². The number of nitrogens with one attached hydrogen (secondary N) is 1. The molecule has 0 spiro atoms. The predicted octanol–water partition coefficient (Wildman–Crippen LogP) is 4.69. The summed E-state index contributed by atoms with van der Waals surface area (Å²) in [5.74, 6) is 0.664. The molecule has 0 atom stereocenters. The van der Waals surface area contributed by atoms with Crippen molar-refractivity contribution in [2.75, 3.05) is 12.4 Å². The molecule has 0 fully saturated rings. The SMILES string of the molecule is CCCCc1ccc(NC(=O)C=Cc2ccc(OC)cc2)cc1. The van der Waals surface area contributed by atoms with E-state index in [9.17, 15) is 4.79 Å². The Kier molecular flexibility index (Phi) is 6.42. The van der Waals surface area contributed by atoms with Crippen molar-refractivity contribution in [3.05, 3.63) is 65.7 Å². The molecule has 1 amide bonds. The molecule has 0 heterocycles. The number of hydrogen-bond donors (Lipinski definition) is 1. The van der Waals surface area contributed by atoms with Crippen LogP contribution in [-0.4, -0.2) is 13.0 Å². The first-order chi connectivity index (χ1) is 11.2. The van der Waals surface area contributed by atoms with Crippen molar-refractivity contribution < 1.29 is 9.53 Å². The molecule has 0 bridgehead atoms. The zero-order chi connectivity index (χ0) is 16.5. The molecular formula is C20H23NO2. The minimum absolute atomic E-state index is 0.137. The van der Waals surface area contributed by atoms with Crippen molar-refractivity contribution in [3.63, 3.8) is 0 Å². The molecule has 0 aliphatic heterocycles. The fraction of sp³-hybridized carbons (Fsp3) is 0.250. The molecule has 2 aromatic carbocycles. The molecule has 2 aromatic rings. The van der Waals surface area contributed by atoms with Gasteiger partial charge in [-0.25, -0.2) is 0 Å². The van der Waals surface area contributed by atoms with E-state index in [1.54, 1.807) is 13.2 Å². The van der Waals surface area contributed by atoms with Gasteiger partial charge in [-0.2, -0.15) is 0 Å². The van der Waals surface area contributed by atoms with Crippen LogP contribution in [0.5, 0.6) is 5.75 Å². The lowest BCUT2D eigenvalue weighted by Crippen LogP contribution is -2.07. The zero-order valence-electron chi connectivity index (χ0n) is 13.7. The third-order valence-electron chi connectivity index (χ3n) is 3.58. The normalized spacial score (nSPS) is 10.7. The van der Waals surface area contributed by atoms with Crippen LogP contribution in [0.4, 0.5) is 5.69 Å². The lowest BCUT2D eigenvalue weighted by atomic mass is 10.1. The number of rotatable bonds is 7. The maximum atomic E-state index is 11.9. The standard InChI is InChI=1S/C20H23NO2/c1-3-4-5-16-6-11-18(12-7-16)21-20(22)15-10-17-8-13-19(23-2)14-9-17/h6-15H,3-5H2,1-2H3,(H,21,22). The topological polar surface area (TPSA) is 38.3 Å². The summed E-state index contributed by atoms with van der Waals surface area (Å²) in [6.45, 7) is 2.18. The molecule has 0 saturated heterocycles. The molecule has 0 unspecified atom stereocenters. The summed E-state index contributed by atoms with van der Waals surface area (Å²) in [5, 5.41) is 2.87. The van der Waals surface area contributed by atoms with E-state index in [1.807, 2.05) is 36.4 Å². The van der Waals surface area contributed by atoms with Crippen LogP contribution < -0.4 is 10.1 Å². The number of methoxy groups -OCH3 is 1. The number of benzene rings is 2. The van der Waals surface area contributed by atoms with E-state index in [2.05, 4.69) is 24.4 Å². The second-order valence-electron chi connectivity index (χ2n) is 5.40. The Labute approximate surface area is 138 Å². The summed E-state index contributed by atoms with van der Waals surface area (Å²) in [5.41, 5.74) is 3.07. The molecule has 2 rings (SSSR count). The Hall–Kier alpha value is -2.55. The number of carbonyl (C=O) groups is 1. The number of aryl methyl sites for hydroxylation is 1. The van der Waals surface area contributed by atoms with Gasteiger partial charge in [0, 0.05) is 11.8 Å². The predicted molar refractivity (Wildman–Crippen MR) is 95.7 cm³/mol. The average molecular weight is 309 g/mol. The Morgan fingerprint density at radius 1 is 1.09 bits per heavy atom. The summed E-state index contributed by atoms with van der Waals surface area (Å²) in [6, 6.07) is 15.6. The monoisotopic (exact) mass is 309 g/mol. The van der Waals surface area contributed by atoms with Gasteiger partial charge in [0.15, 0.2) is 0 Å². The van der Waals surface area contributed by atoms with E-state index < -0.39 is 0 Å². The summed E-state index contributed by atoms with van der Waals surface area (Å²) in [6.07, 6.45) is 6.78. The Morgan fingerprint density at radius 2 is 1.78 bits per heavy atom. The molecule has 0 aromatic heterocycles. The van der Waals surface area contributed by atoms with Crippen LogP contribution in [-0.2, 0) is 11.2 Å². The minimum atomic E-state index is -0.137. The van der Waals surface area contributed by atoms with Gasteiger partial charge in [-0.1, -0.05) is 37.6 Å². The molecule has 1 N–H and O–H groups in total. The first-order valence-corrected chi connectivity index (χ1v) is 7.93. The quantitative estimate of drug-likeness (QED) is 0.754. The lowest BCUT2D eigenvalue weighted by Gasteiger charge is -2.04. The largest absolute Gasteiger partial charge is 0.497 e. The molecular weight excluding hydrogens is 286 g/mol. The van der Waals surface area contributed by atoms with Gasteiger partial charge in [0.25, 0.3) is 0 Å². The van der Waals surface area contributed by atoms with Crippen LogP contribution in [0.3, 0.4) is 0 Å². The Bertz CT molecular complexity index is 642. The number of hydrogen-bond acceptors (Lipinski definition) is 2. The van der Waals surface area contributed by atoms with Crippen LogP contribution in [0.1, 0.15) is 30.9 Å². The van der Waals surface area contributed by atoms with Crippen LogP contribution in [0, 0.1) is 0 Å². The molecule has 0 aliphatic carbocycles. The van der Waals surface area contributed by atoms with Gasteiger partial charge in [0.2, 0.25) is 5.91 Å². The number of unbranched alkanes of at least 4 members (excludes halogenated alkanes) is 1. The van der Waals surface area contributed by atoms with Crippen LogP contribution in [0.25, 0.3) is 6.08 Å². The van der Waals surface area contributed by atoms with Crippen LogP contribution in [0.15, 0.2) is 54.6 Å². The number of carbonyl (C=O) groups excluding carboxylic acids is 1. The van der Waals surface area contributed by atoms with E-state index in [1.165, 1.54) is 24.5 Å². The second kappa shape index (κ2) is 8.79. The molecule has 3 nitrogen and oxygen atoms in total. The summed E-state index contributed by atoms with van der Waals surface area (Å²) >= 11 is 0. The maximum Gasteiger partial charge on any atom is 0.248 e. The van der Waals surface area contributed by atoms with Gasteiger partial charge in [0.05, 0.1) is 7.11 Å². The molecule has 120 valence electrons. The van der Waals surface area contributed by atoms with Gasteiger partial charge < -0.3 is 10.1 Å². The van der Waals surface area contributed by atoms with Crippen molar-refractivity contribution in [2.45, 2.75) is 26.2 Å². The highest BCUT2D eigenvalue weighted by Crippen LogP contribution is 2.14. The van der Waals surface area contributed by atoms with Crippen molar-refractivity contribution in [3.8, 4) is 5.75 Å². The van der Waals surface area contributed by atoms with E-state index in [0.717, 1.165) is 23.4 Å². The average Bonchev–Trinajstić information content (AvgIpc) is 2.60. The van der Waals surface area contributed by atoms with E-state index in [4.69, 9.17) is 4.74 Å². The third kappa shape index (κ3) is 5.62. The number of anilines is 1. The summed E-state index contributed by atoms with van der Waals surface area (Å²) in [4.78, 5) is 11.9. The Morgan fingerprint density at radius 3 is 2.39 bits per heavy atom. The highest BCUT2D eigenvalue weighted by Gasteiger charge is 1.99. The first kappa shape index (κ1) is 16.8. The highest BCUT2D eigenvalue weighted by molar-refractivity contribution is 6.01. The number of amides is 1. The fourth-order valence-corrected chi connectivity index (χ4v) is 2.21. The molecule has 0 aliphatic rings. The fourth-order valence-electron chi connectivity index (χ4n) is 2.21. The summed E-state index contributed by atoms with van der Waals surface area (Å²) < 4.78 is 5.10. The molecule has 0 radical (unpaired) electrons. The number of ether oxygens (including phenoxy) is 1. The van der Waals surface area contributed by atoms with Crippen molar-refractivity contribution >= 4 is 17.7 Å². The van der Waals surface area contributed by atoms with Crippen LogP contribution in [0.2, 0.25) is 0 Å². The lowest BCUT2D eigenvalue weighted by molar-refractivity contribution is -0.111. The van der Waals surface area contributed by atoms with Crippen molar-refractivity contribution in [2.24, 2.45) is 0 Å². The second-order valence-corrected chi connectivity index (χ2v) is 5.40. The van der Waals surface area contributed by atoms with E-state index >= 15 is 0 Å². The first-order valence-electron chi connectivity index (χ1n) is 7.93. The minimum Gasteiger partial charge on any atom is -0.497 e. The Balaban J connectivity index is 1.89. The maximum absolute atomic E-state index is 11.9. The van der Waals surface area contributed by atoms with Gasteiger partial charge in [-0.05, 0) is 54.3 Å². The zero-order valence-corrected chi connectivity index (χ0v) is 13.7. The van der Waals surface area contributed by atoms with Gasteiger partial charge in [-0.3, -0.25) is 4.79 Å². The van der Waals surface area contributed by atoms with Crippen molar-refractivity contribution in [1.82, 2.24) is 0 Å². The van der Waals surface area contributed by atoms with Gasteiger partial charge >= 0.3 is 0 Å². The van der Waals surface area contributed by atoms with Crippen LogP contribution >= 0.6 is 0 Å².